The maximum Gasteiger partial charge on any atom is 0.193 e. The number of benzene rings is 1. The molecule has 0 bridgehead atoms. The zero-order chi connectivity index (χ0) is 12.5. The molecule has 2 aromatic rings. The van der Waals surface area contributed by atoms with E-state index >= 15 is 0 Å². The molecule has 2 N–H and O–H groups in total. The predicted octanol–water partition coefficient (Wildman–Crippen LogP) is 3.52. The number of hydrogen-bond donors (Lipinski definition) is 1. The molecule has 1 fully saturated rings. The maximum atomic E-state index is 6.14. The summed E-state index contributed by atoms with van der Waals surface area (Å²) in [5.41, 5.74) is 7.09. The van der Waals surface area contributed by atoms with E-state index in [1.54, 1.807) is 12.1 Å². The minimum atomic E-state index is -0.319. The van der Waals surface area contributed by atoms with Gasteiger partial charge in [0, 0.05) is 0 Å². The molecule has 3 nitrogen and oxygen atoms in total. The van der Waals surface area contributed by atoms with Gasteiger partial charge in [-0.3, -0.25) is 0 Å². The summed E-state index contributed by atoms with van der Waals surface area (Å²) in [5, 5.41) is 0.353. The Morgan fingerprint density at radius 3 is 2.78 bits per heavy atom. The summed E-state index contributed by atoms with van der Waals surface area (Å²) in [6, 6.07) is 11.0. The number of hydrogen-bond acceptors (Lipinski definition) is 3. The fourth-order valence-corrected chi connectivity index (χ4v) is 1.97. The van der Waals surface area contributed by atoms with Crippen LogP contribution in [0.15, 0.2) is 40.8 Å². The van der Waals surface area contributed by atoms with Crippen molar-refractivity contribution in [1.29, 1.82) is 0 Å². The van der Waals surface area contributed by atoms with Gasteiger partial charge in [0.25, 0.3) is 0 Å². The summed E-state index contributed by atoms with van der Waals surface area (Å²) in [6.07, 6.45) is 2.67. The first-order chi connectivity index (χ1) is 8.72. The van der Waals surface area contributed by atoms with Crippen LogP contribution in [-0.4, -0.2) is 6.10 Å². The van der Waals surface area contributed by atoms with Gasteiger partial charge in [-0.2, -0.15) is 0 Å². The van der Waals surface area contributed by atoms with Gasteiger partial charge in [-0.05, 0) is 54.3 Å². The van der Waals surface area contributed by atoms with Crippen molar-refractivity contribution in [1.82, 2.24) is 0 Å². The molecule has 94 valence electrons. The normalized spacial score (nSPS) is 16.6. The summed E-state index contributed by atoms with van der Waals surface area (Å²) in [7, 11) is 0. The molecule has 4 heteroatoms. The molecule has 0 radical (unpaired) electrons. The third-order valence-corrected chi connectivity index (χ3v) is 3.15. The van der Waals surface area contributed by atoms with Gasteiger partial charge in [-0.15, -0.1) is 0 Å². The smallest absolute Gasteiger partial charge is 0.193 e. The Hall–Kier alpha value is -1.45. The van der Waals surface area contributed by atoms with E-state index in [1.165, 1.54) is 0 Å². The molecule has 1 unspecified atom stereocenters. The van der Waals surface area contributed by atoms with Crippen LogP contribution in [0.25, 0.3) is 0 Å². The molecule has 0 amide bonds. The summed E-state index contributed by atoms with van der Waals surface area (Å²) in [4.78, 5) is 0. The Labute approximate surface area is 110 Å². The van der Waals surface area contributed by atoms with Gasteiger partial charge in [-0.1, -0.05) is 12.1 Å². The van der Waals surface area contributed by atoms with Gasteiger partial charge < -0.3 is 14.9 Å². The average molecular weight is 264 g/mol. The van der Waals surface area contributed by atoms with Crippen molar-refractivity contribution in [2.75, 3.05) is 0 Å². The second kappa shape index (κ2) is 4.67. The Bertz CT molecular complexity index is 548. The monoisotopic (exact) mass is 263 g/mol. The molecular weight excluding hydrogens is 250 g/mol. The van der Waals surface area contributed by atoms with Crippen molar-refractivity contribution in [2.45, 2.75) is 25.0 Å². The molecular formula is C14H14ClNO2. The van der Waals surface area contributed by atoms with E-state index in [-0.39, 0.29) is 6.04 Å². The van der Waals surface area contributed by atoms with Gasteiger partial charge in [0.15, 0.2) is 5.22 Å². The minimum Gasteiger partial charge on any atom is -0.490 e. The lowest BCUT2D eigenvalue weighted by molar-refractivity contribution is 0.302. The van der Waals surface area contributed by atoms with Crippen LogP contribution < -0.4 is 10.5 Å². The van der Waals surface area contributed by atoms with E-state index in [9.17, 15) is 0 Å². The van der Waals surface area contributed by atoms with Crippen LogP contribution >= 0.6 is 11.6 Å². The standard InChI is InChI=1S/C14H14ClNO2/c15-13-7-6-12(18-13)14(16)9-2-1-3-11(8-9)17-10-4-5-10/h1-3,6-8,10,14H,4-5,16H2. The van der Waals surface area contributed by atoms with Crippen LogP contribution in [0, 0.1) is 0 Å². The van der Waals surface area contributed by atoms with Crippen LogP contribution in [0.2, 0.25) is 5.22 Å². The van der Waals surface area contributed by atoms with E-state index in [0.29, 0.717) is 17.1 Å². The van der Waals surface area contributed by atoms with Gasteiger partial charge >= 0.3 is 0 Å². The largest absolute Gasteiger partial charge is 0.490 e. The molecule has 18 heavy (non-hydrogen) atoms. The van der Waals surface area contributed by atoms with Crippen molar-refractivity contribution < 1.29 is 9.15 Å². The molecule has 3 rings (SSSR count). The molecule has 1 saturated carbocycles. The summed E-state index contributed by atoms with van der Waals surface area (Å²) in [5.74, 6) is 1.52. The van der Waals surface area contributed by atoms with Crippen LogP contribution in [0.3, 0.4) is 0 Å². The molecule has 1 atom stereocenters. The zero-order valence-corrected chi connectivity index (χ0v) is 10.6. The van der Waals surface area contributed by atoms with E-state index in [4.69, 9.17) is 26.5 Å². The highest BCUT2D eigenvalue weighted by Gasteiger charge is 2.23. The number of halogens is 1. The maximum absolute atomic E-state index is 6.14. The van der Waals surface area contributed by atoms with Crippen LogP contribution in [0.4, 0.5) is 0 Å². The summed E-state index contributed by atoms with van der Waals surface area (Å²) >= 11 is 5.75. The molecule has 1 aromatic heterocycles. The van der Waals surface area contributed by atoms with Crippen molar-refractivity contribution in [3.8, 4) is 5.75 Å². The number of furan rings is 1. The molecule has 1 aliphatic rings. The van der Waals surface area contributed by atoms with E-state index < -0.39 is 0 Å². The first-order valence-corrected chi connectivity index (χ1v) is 6.37. The van der Waals surface area contributed by atoms with Crippen molar-refractivity contribution in [2.24, 2.45) is 5.73 Å². The molecule has 0 saturated heterocycles. The van der Waals surface area contributed by atoms with Gasteiger partial charge in [0.1, 0.15) is 11.5 Å². The van der Waals surface area contributed by atoms with E-state index in [0.717, 1.165) is 24.2 Å². The molecule has 1 heterocycles. The topological polar surface area (TPSA) is 48.4 Å². The Morgan fingerprint density at radius 2 is 2.11 bits per heavy atom. The Kier molecular flexibility index (Phi) is 3.02. The number of rotatable bonds is 4. The quantitative estimate of drug-likeness (QED) is 0.918. The SMILES string of the molecule is NC(c1cccc(OC2CC2)c1)c1ccc(Cl)o1. The second-order valence-electron chi connectivity index (χ2n) is 4.51. The number of nitrogens with two attached hydrogens (primary N) is 1. The lowest BCUT2D eigenvalue weighted by atomic mass is 10.1. The highest BCUT2D eigenvalue weighted by molar-refractivity contribution is 6.28. The zero-order valence-electron chi connectivity index (χ0n) is 9.80. The first-order valence-electron chi connectivity index (χ1n) is 6.00. The molecule has 1 aliphatic carbocycles. The first kappa shape index (κ1) is 11.6. The van der Waals surface area contributed by atoms with Crippen LogP contribution in [0.1, 0.15) is 30.2 Å². The van der Waals surface area contributed by atoms with E-state index in [2.05, 4.69) is 0 Å². The Balaban J connectivity index is 1.81. The van der Waals surface area contributed by atoms with Gasteiger partial charge in [0.2, 0.25) is 0 Å². The van der Waals surface area contributed by atoms with Crippen LogP contribution in [0.5, 0.6) is 5.75 Å². The van der Waals surface area contributed by atoms with E-state index in [1.807, 2.05) is 24.3 Å². The second-order valence-corrected chi connectivity index (χ2v) is 4.88. The predicted molar refractivity (Wildman–Crippen MR) is 69.8 cm³/mol. The third-order valence-electron chi connectivity index (χ3n) is 2.94. The molecule has 0 aliphatic heterocycles. The minimum absolute atomic E-state index is 0.319. The van der Waals surface area contributed by atoms with Gasteiger partial charge in [-0.25, -0.2) is 0 Å². The van der Waals surface area contributed by atoms with Crippen molar-refractivity contribution in [3.63, 3.8) is 0 Å². The van der Waals surface area contributed by atoms with Crippen molar-refractivity contribution >= 4 is 11.6 Å². The molecule has 0 spiro atoms. The highest BCUT2D eigenvalue weighted by Crippen LogP contribution is 2.30. The Morgan fingerprint density at radius 1 is 1.28 bits per heavy atom. The van der Waals surface area contributed by atoms with Crippen molar-refractivity contribution in [3.05, 3.63) is 52.9 Å². The fourth-order valence-electron chi connectivity index (χ4n) is 1.82. The summed E-state index contributed by atoms with van der Waals surface area (Å²) in [6.45, 7) is 0. The van der Waals surface area contributed by atoms with Gasteiger partial charge in [0.05, 0.1) is 12.1 Å². The average Bonchev–Trinajstić information content (AvgIpc) is 3.08. The summed E-state index contributed by atoms with van der Waals surface area (Å²) < 4.78 is 11.1. The number of ether oxygens (including phenoxy) is 1. The van der Waals surface area contributed by atoms with Crippen LogP contribution in [-0.2, 0) is 0 Å². The third kappa shape index (κ3) is 2.52. The molecule has 1 aromatic carbocycles. The lowest BCUT2D eigenvalue weighted by Crippen LogP contribution is -2.11. The highest BCUT2D eigenvalue weighted by atomic mass is 35.5. The fraction of sp³-hybridized carbons (Fsp3) is 0.286. The lowest BCUT2D eigenvalue weighted by Gasteiger charge is -2.11.